The summed E-state index contributed by atoms with van der Waals surface area (Å²) in [6.45, 7) is 7.27. The number of urea groups is 1. The van der Waals surface area contributed by atoms with Gasteiger partial charge in [-0.2, -0.15) is 18.3 Å². The summed E-state index contributed by atoms with van der Waals surface area (Å²) in [4.78, 5) is 18.2. The average molecular weight is 529 g/mol. The standard InChI is InChI=1S/C28H35F3N6O/c1-20(2)34-11-8-23(9-12-34)21-3-5-22(6-4-21)24-17-26-25(7-10-33-37(26)18-24)35-13-15-36(16-14-35)27(38)32-19-28(29,30)31/h3-7,10,17-18,20,23H,8-9,11-16,19H2,1-2H3,(H,32,38). The van der Waals surface area contributed by atoms with Crippen molar-refractivity contribution in [3.63, 3.8) is 0 Å². The molecule has 2 aliphatic heterocycles. The summed E-state index contributed by atoms with van der Waals surface area (Å²) >= 11 is 0. The fraction of sp³-hybridized carbons (Fsp3) is 0.500. The molecule has 0 spiro atoms. The second kappa shape index (κ2) is 10.8. The SMILES string of the molecule is CC(C)N1CCC(c2ccc(-c3cc4c(N5CCN(C(=O)NCC(F)(F)F)CC5)ccnn4c3)cc2)CC1. The van der Waals surface area contributed by atoms with E-state index in [1.54, 1.807) is 6.20 Å². The number of hydrogen-bond acceptors (Lipinski definition) is 4. The minimum atomic E-state index is -4.42. The van der Waals surface area contributed by atoms with Gasteiger partial charge in [-0.3, -0.25) is 0 Å². The molecule has 5 rings (SSSR count). The van der Waals surface area contributed by atoms with E-state index in [2.05, 4.69) is 59.1 Å². The summed E-state index contributed by atoms with van der Waals surface area (Å²) in [5.74, 6) is 0.606. The molecular formula is C28H35F3N6O. The molecule has 0 unspecified atom stereocenters. The number of carbonyl (C=O) groups excluding carboxylic acids is 1. The van der Waals surface area contributed by atoms with Crippen LogP contribution in [0.5, 0.6) is 0 Å². The average Bonchev–Trinajstić information content (AvgIpc) is 3.36. The van der Waals surface area contributed by atoms with Gasteiger partial charge in [-0.05, 0) is 69.0 Å². The van der Waals surface area contributed by atoms with E-state index in [9.17, 15) is 18.0 Å². The summed E-state index contributed by atoms with van der Waals surface area (Å²) in [7, 11) is 0. The number of rotatable bonds is 5. The van der Waals surface area contributed by atoms with Crippen LogP contribution >= 0.6 is 0 Å². The van der Waals surface area contributed by atoms with Gasteiger partial charge in [-0.25, -0.2) is 9.31 Å². The van der Waals surface area contributed by atoms with Crippen LogP contribution in [0.1, 0.15) is 38.2 Å². The Labute approximate surface area is 221 Å². The predicted molar refractivity (Wildman–Crippen MR) is 143 cm³/mol. The maximum Gasteiger partial charge on any atom is 0.405 e. The molecule has 1 N–H and O–H groups in total. The maximum atomic E-state index is 12.4. The summed E-state index contributed by atoms with van der Waals surface area (Å²) in [5.41, 5.74) is 5.57. The number of amides is 2. The Kier molecular flexibility index (Phi) is 7.52. The van der Waals surface area contributed by atoms with Gasteiger partial charge < -0.3 is 20.0 Å². The Bertz CT molecular complexity index is 1240. The summed E-state index contributed by atoms with van der Waals surface area (Å²) in [5, 5.41) is 6.45. The first-order valence-corrected chi connectivity index (χ1v) is 13.3. The molecule has 2 fully saturated rings. The first-order valence-electron chi connectivity index (χ1n) is 13.3. The van der Waals surface area contributed by atoms with Gasteiger partial charge in [0.05, 0.1) is 11.2 Å². The maximum absolute atomic E-state index is 12.4. The number of nitrogens with zero attached hydrogens (tertiary/aromatic N) is 5. The third kappa shape index (κ3) is 5.90. The van der Waals surface area contributed by atoms with Crippen molar-refractivity contribution in [3.8, 4) is 11.1 Å². The van der Waals surface area contributed by atoms with Crippen molar-refractivity contribution >= 4 is 17.2 Å². The number of anilines is 1. The van der Waals surface area contributed by atoms with Gasteiger partial charge in [0.1, 0.15) is 6.54 Å². The number of alkyl halides is 3. The molecule has 0 atom stereocenters. The lowest BCUT2D eigenvalue weighted by Crippen LogP contribution is -2.53. The van der Waals surface area contributed by atoms with E-state index in [0.29, 0.717) is 38.1 Å². The largest absolute Gasteiger partial charge is 0.405 e. The molecule has 3 aromatic rings. The van der Waals surface area contributed by atoms with Gasteiger partial charge >= 0.3 is 12.2 Å². The highest BCUT2D eigenvalue weighted by Gasteiger charge is 2.30. The Morgan fingerprint density at radius 3 is 2.32 bits per heavy atom. The number of piperazine rings is 1. The topological polar surface area (TPSA) is 56.1 Å². The van der Waals surface area contributed by atoms with Gasteiger partial charge in [0.15, 0.2) is 0 Å². The Morgan fingerprint density at radius 1 is 1.00 bits per heavy atom. The third-order valence-corrected chi connectivity index (χ3v) is 7.81. The molecule has 0 aliphatic carbocycles. The number of carbonyl (C=O) groups is 1. The lowest BCUT2D eigenvalue weighted by atomic mass is 9.88. The zero-order valence-electron chi connectivity index (χ0n) is 21.9. The van der Waals surface area contributed by atoms with Crippen molar-refractivity contribution in [1.82, 2.24) is 24.7 Å². The fourth-order valence-electron chi connectivity index (χ4n) is 5.56. The molecular weight excluding hydrogens is 493 g/mol. The number of halogens is 3. The van der Waals surface area contributed by atoms with Gasteiger partial charge in [-0.15, -0.1) is 0 Å². The van der Waals surface area contributed by atoms with Crippen molar-refractivity contribution in [2.75, 3.05) is 50.7 Å². The number of likely N-dealkylation sites (tertiary alicyclic amines) is 1. The molecule has 4 heterocycles. The van der Waals surface area contributed by atoms with E-state index in [1.807, 2.05) is 22.1 Å². The number of piperidine rings is 1. The fourth-order valence-corrected chi connectivity index (χ4v) is 5.56. The van der Waals surface area contributed by atoms with E-state index in [4.69, 9.17) is 0 Å². The second-order valence-corrected chi connectivity index (χ2v) is 10.5. The molecule has 0 bridgehead atoms. The smallest absolute Gasteiger partial charge is 0.366 e. The quantitative estimate of drug-likeness (QED) is 0.508. The minimum absolute atomic E-state index is 0.350. The van der Waals surface area contributed by atoms with Crippen molar-refractivity contribution in [1.29, 1.82) is 0 Å². The van der Waals surface area contributed by atoms with Crippen LogP contribution in [0.25, 0.3) is 16.6 Å². The van der Waals surface area contributed by atoms with Gasteiger partial charge in [-0.1, -0.05) is 24.3 Å². The Hall–Kier alpha value is -3.27. The lowest BCUT2D eigenvalue weighted by molar-refractivity contribution is -0.123. The van der Waals surface area contributed by atoms with Crippen molar-refractivity contribution in [2.24, 2.45) is 0 Å². The molecule has 7 nitrogen and oxygen atoms in total. The van der Waals surface area contributed by atoms with E-state index >= 15 is 0 Å². The third-order valence-electron chi connectivity index (χ3n) is 7.81. The second-order valence-electron chi connectivity index (χ2n) is 10.5. The van der Waals surface area contributed by atoms with Crippen LogP contribution in [-0.4, -0.2) is 83.5 Å². The Balaban J connectivity index is 1.25. The van der Waals surface area contributed by atoms with Crippen LogP contribution in [0.4, 0.5) is 23.7 Å². The van der Waals surface area contributed by atoms with Gasteiger partial charge in [0.2, 0.25) is 0 Å². The molecule has 10 heteroatoms. The van der Waals surface area contributed by atoms with Crippen LogP contribution in [0, 0.1) is 0 Å². The highest BCUT2D eigenvalue weighted by Crippen LogP contribution is 2.32. The molecule has 204 valence electrons. The number of benzene rings is 1. The first kappa shape index (κ1) is 26.3. The highest BCUT2D eigenvalue weighted by atomic mass is 19.4. The van der Waals surface area contributed by atoms with Crippen LogP contribution in [-0.2, 0) is 0 Å². The minimum Gasteiger partial charge on any atom is -0.366 e. The highest BCUT2D eigenvalue weighted by molar-refractivity contribution is 5.80. The van der Waals surface area contributed by atoms with E-state index in [1.165, 1.54) is 23.3 Å². The molecule has 38 heavy (non-hydrogen) atoms. The summed E-state index contributed by atoms with van der Waals surface area (Å²) in [6, 6.07) is 12.9. The number of aromatic nitrogens is 2. The van der Waals surface area contributed by atoms with Crippen LogP contribution < -0.4 is 10.2 Å². The van der Waals surface area contributed by atoms with Crippen LogP contribution in [0.15, 0.2) is 48.8 Å². The molecule has 2 saturated heterocycles. The molecule has 2 aromatic heterocycles. The normalized spacial score (nSPS) is 17.9. The molecule has 0 radical (unpaired) electrons. The summed E-state index contributed by atoms with van der Waals surface area (Å²) in [6.07, 6.45) is 1.74. The summed E-state index contributed by atoms with van der Waals surface area (Å²) < 4.78 is 39.2. The zero-order chi connectivity index (χ0) is 26.9. The van der Waals surface area contributed by atoms with Gasteiger partial charge in [0, 0.05) is 50.2 Å². The molecule has 0 saturated carbocycles. The van der Waals surface area contributed by atoms with E-state index < -0.39 is 18.8 Å². The van der Waals surface area contributed by atoms with Crippen molar-refractivity contribution in [2.45, 2.75) is 44.8 Å². The lowest BCUT2D eigenvalue weighted by Gasteiger charge is -2.36. The zero-order valence-corrected chi connectivity index (χ0v) is 21.9. The van der Waals surface area contributed by atoms with Crippen LogP contribution in [0.3, 0.4) is 0 Å². The number of fused-ring (bicyclic) bond motifs is 1. The monoisotopic (exact) mass is 528 g/mol. The number of hydrogen-bond donors (Lipinski definition) is 1. The molecule has 2 amide bonds. The molecule has 1 aromatic carbocycles. The van der Waals surface area contributed by atoms with Crippen LogP contribution in [0.2, 0.25) is 0 Å². The van der Waals surface area contributed by atoms with Crippen molar-refractivity contribution < 1.29 is 18.0 Å². The van der Waals surface area contributed by atoms with E-state index in [0.717, 1.165) is 35.4 Å². The predicted octanol–water partition coefficient (Wildman–Crippen LogP) is 4.98. The van der Waals surface area contributed by atoms with Gasteiger partial charge in [0.25, 0.3) is 0 Å². The Morgan fingerprint density at radius 2 is 1.68 bits per heavy atom. The first-order chi connectivity index (χ1) is 18.2. The number of nitrogens with one attached hydrogen (secondary N) is 1. The van der Waals surface area contributed by atoms with E-state index in [-0.39, 0.29) is 0 Å². The van der Waals surface area contributed by atoms with Crippen molar-refractivity contribution in [3.05, 3.63) is 54.4 Å². The molecule has 2 aliphatic rings.